The van der Waals surface area contributed by atoms with Crippen LogP contribution >= 0.6 is 27.5 Å². The lowest BCUT2D eigenvalue weighted by Crippen LogP contribution is -1.87. The first-order valence-electron chi connectivity index (χ1n) is 3.47. The average molecular weight is 245 g/mol. The Labute approximate surface area is 85.1 Å². The van der Waals surface area contributed by atoms with E-state index in [9.17, 15) is 0 Å². The Balaban J connectivity index is 3.19. The van der Waals surface area contributed by atoms with Crippen molar-refractivity contribution in [2.24, 2.45) is 0 Å². The lowest BCUT2D eigenvalue weighted by Gasteiger charge is -2.04. The first-order chi connectivity index (χ1) is 5.66. The predicted octanol–water partition coefficient (Wildman–Crippen LogP) is 3.48. The van der Waals surface area contributed by atoms with E-state index in [0.717, 1.165) is 15.6 Å². The first kappa shape index (κ1) is 9.57. The molecule has 0 atom stereocenters. The smallest absolute Gasteiger partial charge is 0.0670 e. The molecule has 12 heavy (non-hydrogen) atoms. The highest BCUT2D eigenvalue weighted by atomic mass is 79.9. The fourth-order valence-corrected chi connectivity index (χ4v) is 1.62. The van der Waals surface area contributed by atoms with E-state index in [1.54, 1.807) is 0 Å². The van der Waals surface area contributed by atoms with Crippen LogP contribution in [0.4, 0.5) is 0 Å². The zero-order valence-corrected chi connectivity index (χ0v) is 8.91. The molecule has 1 aromatic rings. The first-order valence-corrected chi connectivity index (χ1v) is 4.64. The van der Waals surface area contributed by atoms with Gasteiger partial charge in [0.25, 0.3) is 0 Å². The van der Waals surface area contributed by atoms with E-state index in [1.165, 1.54) is 0 Å². The Morgan fingerprint density at radius 3 is 2.83 bits per heavy atom. The quantitative estimate of drug-likeness (QED) is 0.742. The third-order valence-electron chi connectivity index (χ3n) is 1.67. The molecule has 0 aromatic heterocycles. The lowest BCUT2D eigenvalue weighted by atomic mass is 10.1. The Morgan fingerprint density at radius 2 is 2.25 bits per heavy atom. The topological polar surface area (TPSA) is 23.8 Å². The molecule has 0 unspecified atom stereocenters. The number of hydrogen-bond donors (Lipinski definition) is 0. The van der Waals surface area contributed by atoms with Crippen LogP contribution in [0.25, 0.3) is 0 Å². The van der Waals surface area contributed by atoms with E-state index in [2.05, 4.69) is 22.0 Å². The highest BCUT2D eigenvalue weighted by Crippen LogP contribution is 2.27. The summed E-state index contributed by atoms with van der Waals surface area (Å²) in [6, 6.07) is 5.85. The van der Waals surface area contributed by atoms with E-state index in [0.29, 0.717) is 11.4 Å². The van der Waals surface area contributed by atoms with Gasteiger partial charge in [-0.1, -0.05) is 33.6 Å². The zero-order valence-electron chi connectivity index (χ0n) is 6.56. The van der Waals surface area contributed by atoms with Gasteiger partial charge in [0, 0.05) is 9.50 Å². The number of nitrogens with zero attached hydrogens (tertiary/aromatic N) is 1. The maximum absolute atomic E-state index is 8.48. The summed E-state index contributed by atoms with van der Waals surface area (Å²) >= 11 is 9.36. The van der Waals surface area contributed by atoms with Crippen molar-refractivity contribution in [3.05, 3.63) is 32.8 Å². The Hall–Kier alpha value is -0.520. The molecule has 0 aliphatic heterocycles. The summed E-state index contributed by atoms with van der Waals surface area (Å²) in [5, 5.41) is 9.17. The van der Waals surface area contributed by atoms with Gasteiger partial charge in [0.2, 0.25) is 0 Å². The van der Waals surface area contributed by atoms with Gasteiger partial charge in [-0.15, -0.1) is 0 Å². The Bertz CT molecular complexity index is 341. The zero-order chi connectivity index (χ0) is 9.14. The second kappa shape index (κ2) is 3.93. The summed E-state index contributed by atoms with van der Waals surface area (Å²) in [4.78, 5) is 0. The summed E-state index contributed by atoms with van der Waals surface area (Å²) in [6.45, 7) is 1.92. The van der Waals surface area contributed by atoms with E-state index >= 15 is 0 Å². The van der Waals surface area contributed by atoms with Gasteiger partial charge in [-0.25, -0.2) is 0 Å². The molecule has 62 valence electrons. The summed E-state index contributed by atoms with van der Waals surface area (Å²) in [5.41, 5.74) is 1.88. The van der Waals surface area contributed by atoms with E-state index in [4.69, 9.17) is 16.9 Å². The highest BCUT2D eigenvalue weighted by molar-refractivity contribution is 9.10. The minimum absolute atomic E-state index is 0.368. The van der Waals surface area contributed by atoms with Gasteiger partial charge >= 0.3 is 0 Å². The molecule has 1 rings (SSSR count). The van der Waals surface area contributed by atoms with Crippen molar-refractivity contribution in [1.82, 2.24) is 0 Å². The molecule has 0 saturated carbocycles. The van der Waals surface area contributed by atoms with Crippen LogP contribution in [0.2, 0.25) is 5.02 Å². The SMILES string of the molecule is Cc1c(Br)ccc(CC#N)c1Cl. The van der Waals surface area contributed by atoms with Crippen molar-refractivity contribution in [3.8, 4) is 6.07 Å². The number of rotatable bonds is 1. The fourth-order valence-electron chi connectivity index (χ4n) is 0.939. The molecule has 1 aromatic carbocycles. The summed E-state index contributed by atoms with van der Waals surface area (Å²) in [6.07, 6.45) is 0.368. The predicted molar refractivity (Wildman–Crippen MR) is 53.2 cm³/mol. The van der Waals surface area contributed by atoms with E-state index < -0.39 is 0 Å². The van der Waals surface area contributed by atoms with Gasteiger partial charge in [0.05, 0.1) is 12.5 Å². The highest BCUT2D eigenvalue weighted by Gasteiger charge is 2.05. The molecule has 1 nitrogen and oxygen atoms in total. The normalized spacial score (nSPS) is 9.50. The molecular weight excluding hydrogens is 237 g/mol. The Morgan fingerprint density at radius 1 is 1.58 bits per heavy atom. The van der Waals surface area contributed by atoms with Gasteiger partial charge < -0.3 is 0 Å². The molecule has 0 spiro atoms. The van der Waals surface area contributed by atoms with Crippen molar-refractivity contribution in [3.63, 3.8) is 0 Å². The second-order valence-corrected chi connectivity index (χ2v) is 3.71. The largest absolute Gasteiger partial charge is 0.198 e. The third-order valence-corrected chi connectivity index (χ3v) is 3.06. The van der Waals surface area contributed by atoms with Crippen molar-refractivity contribution in [2.45, 2.75) is 13.3 Å². The molecule has 0 saturated heterocycles. The Kier molecular flexibility index (Phi) is 3.13. The third kappa shape index (κ3) is 1.80. The van der Waals surface area contributed by atoms with Crippen molar-refractivity contribution in [2.75, 3.05) is 0 Å². The van der Waals surface area contributed by atoms with E-state index in [1.807, 2.05) is 19.1 Å². The van der Waals surface area contributed by atoms with Crippen LogP contribution in [-0.4, -0.2) is 0 Å². The van der Waals surface area contributed by atoms with Gasteiger partial charge in [-0.2, -0.15) is 5.26 Å². The lowest BCUT2D eigenvalue weighted by molar-refractivity contribution is 1.24. The maximum atomic E-state index is 8.48. The molecule has 0 bridgehead atoms. The molecular formula is C9H7BrClN. The molecule has 0 fully saturated rings. The van der Waals surface area contributed by atoms with Gasteiger partial charge in [-0.3, -0.25) is 0 Å². The summed E-state index contributed by atoms with van der Waals surface area (Å²) < 4.78 is 0.981. The molecule has 0 N–H and O–H groups in total. The second-order valence-electron chi connectivity index (χ2n) is 2.48. The molecule has 0 amide bonds. The van der Waals surface area contributed by atoms with Gasteiger partial charge in [0.1, 0.15) is 0 Å². The number of benzene rings is 1. The van der Waals surface area contributed by atoms with Crippen molar-refractivity contribution < 1.29 is 0 Å². The maximum Gasteiger partial charge on any atom is 0.0670 e. The van der Waals surface area contributed by atoms with Gasteiger partial charge in [-0.05, 0) is 24.1 Å². The van der Waals surface area contributed by atoms with E-state index in [-0.39, 0.29) is 0 Å². The fraction of sp³-hybridized carbons (Fsp3) is 0.222. The number of halogens is 2. The molecule has 3 heteroatoms. The van der Waals surface area contributed by atoms with Crippen LogP contribution in [0.1, 0.15) is 11.1 Å². The standard InChI is InChI=1S/C9H7BrClN/c1-6-8(10)3-2-7(4-5-12)9(6)11/h2-3H,4H2,1H3. The molecule has 0 aliphatic carbocycles. The summed E-state index contributed by atoms with van der Waals surface area (Å²) in [7, 11) is 0. The molecule has 0 heterocycles. The van der Waals surface area contributed by atoms with Crippen LogP contribution in [0.15, 0.2) is 16.6 Å². The average Bonchev–Trinajstić information content (AvgIpc) is 2.07. The monoisotopic (exact) mass is 243 g/mol. The van der Waals surface area contributed by atoms with Crippen molar-refractivity contribution >= 4 is 27.5 Å². The molecule has 0 radical (unpaired) electrons. The van der Waals surface area contributed by atoms with Crippen molar-refractivity contribution in [1.29, 1.82) is 5.26 Å². The summed E-state index contributed by atoms with van der Waals surface area (Å²) in [5.74, 6) is 0. The van der Waals surface area contributed by atoms with Crippen LogP contribution < -0.4 is 0 Å². The van der Waals surface area contributed by atoms with Gasteiger partial charge in [0.15, 0.2) is 0 Å². The number of hydrogen-bond acceptors (Lipinski definition) is 1. The van der Waals surface area contributed by atoms with Crippen LogP contribution in [0, 0.1) is 18.3 Å². The minimum atomic E-state index is 0.368. The molecule has 0 aliphatic rings. The van der Waals surface area contributed by atoms with Crippen LogP contribution in [0.3, 0.4) is 0 Å². The minimum Gasteiger partial charge on any atom is -0.198 e. The van der Waals surface area contributed by atoms with Crippen LogP contribution in [0.5, 0.6) is 0 Å². The number of nitriles is 1. The van der Waals surface area contributed by atoms with Crippen LogP contribution in [-0.2, 0) is 6.42 Å².